The van der Waals surface area contributed by atoms with E-state index in [4.69, 9.17) is 5.73 Å². The quantitative estimate of drug-likeness (QED) is 0.941. The van der Waals surface area contributed by atoms with E-state index in [0.29, 0.717) is 12.2 Å². The van der Waals surface area contributed by atoms with Crippen LogP contribution in [0.5, 0.6) is 0 Å². The molecule has 21 heavy (non-hydrogen) atoms. The lowest BCUT2D eigenvalue weighted by Gasteiger charge is -2.20. The van der Waals surface area contributed by atoms with E-state index in [-0.39, 0.29) is 17.9 Å². The van der Waals surface area contributed by atoms with E-state index in [1.807, 2.05) is 12.1 Å². The molecule has 0 aliphatic heterocycles. The van der Waals surface area contributed by atoms with E-state index in [9.17, 15) is 13.6 Å². The van der Waals surface area contributed by atoms with Crippen molar-refractivity contribution in [3.63, 3.8) is 0 Å². The van der Waals surface area contributed by atoms with Crippen LogP contribution in [-0.2, 0) is 17.8 Å². The number of halogens is 2. The van der Waals surface area contributed by atoms with Crippen molar-refractivity contribution in [2.75, 3.05) is 11.9 Å². The van der Waals surface area contributed by atoms with Gasteiger partial charge in [0.25, 0.3) is 0 Å². The van der Waals surface area contributed by atoms with E-state index in [0.717, 1.165) is 17.7 Å². The number of nitrogens with two attached hydrogens (primary N) is 1. The second-order valence-corrected chi connectivity index (χ2v) is 4.70. The first-order valence-electron chi connectivity index (χ1n) is 6.51. The Morgan fingerprint density at radius 1 is 1.14 bits per heavy atom. The van der Waals surface area contributed by atoms with Gasteiger partial charge in [0.15, 0.2) is 0 Å². The van der Waals surface area contributed by atoms with Crippen molar-refractivity contribution >= 4 is 11.6 Å². The predicted octanol–water partition coefficient (Wildman–Crippen LogP) is 2.63. The summed E-state index contributed by atoms with van der Waals surface area (Å²) in [6.07, 6.45) is -0.137. The normalized spacial score (nSPS) is 10.5. The zero-order chi connectivity index (χ0) is 15.4. The van der Waals surface area contributed by atoms with Crippen molar-refractivity contribution < 1.29 is 13.6 Å². The number of hydrogen-bond acceptors (Lipinski definition) is 2. The van der Waals surface area contributed by atoms with Crippen LogP contribution in [0.3, 0.4) is 0 Å². The van der Waals surface area contributed by atoms with Gasteiger partial charge in [-0.3, -0.25) is 4.79 Å². The molecule has 0 unspecified atom stereocenters. The largest absolute Gasteiger partial charge is 0.326 e. The molecule has 0 radical (unpaired) electrons. The van der Waals surface area contributed by atoms with Crippen molar-refractivity contribution in [2.24, 2.45) is 5.73 Å². The predicted molar refractivity (Wildman–Crippen MR) is 77.8 cm³/mol. The molecule has 0 bridgehead atoms. The van der Waals surface area contributed by atoms with Crippen molar-refractivity contribution in [1.29, 1.82) is 0 Å². The zero-order valence-corrected chi connectivity index (χ0v) is 11.6. The molecule has 2 N–H and O–H groups in total. The highest BCUT2D eigenvalue weighted by molar-refractivity contribution is 5.95. The standard InChI is InChI=1S/C16H16F2N2O/c1-20(15-5-3-2-4-12(15)10-19)16(21)8-11-6-7-13(17)9-14(11)18/h2-7,9H,8,10,19H2,1H3. The van der Waals surface area contributed by atoms with E-state index in [2.05, 4.69) is 0 Å². The Bertz CT molecular complexity index is 658. The summed E-state index contributed by atoms with van der Waals surface area (Å²) in [7, 11) is 1.61. The van der Waals surface area contributed by atoms with Gasteiger partial charge in [-0.05, 0) is 23.3 Å². The maximum absolute atomic E-state index is 13.6. The molecular formula is C16H16F2N2O. The van der Waals surface area contributed by atoms with Crippen LogP contribution < -0.4 is 10.6 Å². The number of benzene rings is 2. The lowest BCUT2D eigenvalue weighted by molar-refractivity contribution is -0.117. The van der Waals surface area contributed by atoms with Crippen molar-refractivity contribution in [1.82, 2.24) is 0 Å². The summed E-state index contributed by atoms with van der Waals surface area (Å²) >= 11 is 0. The Morgan fingerprint density at radius 2 is 1.86 bits per heavy atom. The van der Waals surface area contributed by atoms with Gasteiger partial charge in [0.1, 0.15) is 11.6 Å². The van der Waals surface area contributed by atoms with Gasteiger partial charge in [0, 0.05) is 25.3 Å². The lowest BCUT2D eigenvalue weighted by atomic mass is 10.1. The Balaban J connectivity index is 2.19. The van der Waals surface area contributed by atoms with Crippen LogP contribution in [0.15, 0.2) is 42.5 Å². The van der Waals surface area contributed by atoms with Gasteiger partial charge in [-0.2, -0.15) is 0 Å². The fourth-order valence-electron chi connectivity index (χ4n) is 2.09. The minimum absolute atomic E-state index is 0.137. The minimum Gasteiger partial charge on any atom is -0.326 e. The highest BCUT2D eigenvalue weighted by atomic mass is 19.1. The van der Waals surface area contributed by atoms with Crippen LogP contribution in [0, 0.1) is 11.6 Å². The maximum atomic E-state index is 13.6. The molecule has 2 aromatic carbocycles. The Labute approximate surface area is 122 Å². The van der Waals surface area contributed by atoms with Crippen LogP contribution in [0.2, 0.25) is 0 Å². The molecule has 0 atom stereocenters. The summed E-state index contributed by atoms with van der Waals surface area (Å²) in [6.45, 7) is 0.304. The summed E-state index contributed by atoms with van der Waals surface area (Å²) in [6, 6.07) is 10.4. The third kappa shape index (κ3) is 3.44. The van der Waals surface area contributed by atoms with Gasteiger partial charge in [-0.25, -0.2) is 8.78 Å². The van der Waals surface area contributed by atoms with Crippen LogP contribution in [0.1, 0.15) is 11.1 Å². The molecule has 0 aromatic heterocycles. The molecule has 3 nitrogen and oxygen atoms in total. The molecule has 1 amide bonds. The second kappa shape index (κ2) is 6.45. The molecular weight excluding hydrogens is 274 g/mol. The van der Waals surface area contributed by atoms with Gasteiger partial charge >= 0.3 is 0 Å². The van der Waals surface area contributed by atoms with Crippen molar-refractivity contribution in [2.45, 2.75) is 13.0 Å². The summed E-state index contributed by atoms with van der Waals surface area (Å²) in [5, 5.41) is 0. The molecule has 0 saturated heterocycles. The lowest BCUT2D eigenvalue weighted by Crippen LogP contribution is -2.29. The number of nitrogens with zero attached hydrogens (tertiary/aromatic N) is 1. The molecule has 0 spiro atoms. The summed E-state index contributed by atoms with van der Waals surface area (Å²) in [4.78, 5) is 13.7. The number of carbonyl (C=O) groups excluding carboxylic acids is 1. The van der Waals surface area contributed by atoms with E-state index >= 15 is 0 Å². The smallest absolute Gasteiger partial charge is 0.231 e. The third-order valence-electron chi connectivity index (χ3n) is 3.30. The monoisotopic (exact) mass is 290 g/mol. The number of likely N-dealkylation sites (N-methyl/N-ethyl adjacent to an activating group) is 1. The molecule has 5 heteroatoms. The summed E-state index contributed by atoms with van der Waals surface area (Å²) < 4.78 is 26.4. The Kier molecular flexibility index (Phi) is 4.65. The summed E-state index contributed by atoms with van der Waals surface area (Å²) in [5.41, 5.74) is 7.32. The second-order valence-electron chi connectivity index (χ2n) is 4.70. The van der Waals surface area contributed by atoms with Crippen LogP contribution in [0.4, 0.5) is 14.5 Å². The number of hydrogen-bond donors (Lipinski definition) is 1. The first-order valence-corrected chi connectivity index (χ1v) is 6.51. The van der Waals surface area contributed by atoms with Gasteiger partial charge < -0.3 is 10.6 Å². The fourth-order valence-corrected chi connectivity index (χ4v) is 2.09. The number of rotatable bonds is 4. The van der Waals surface area contributed by atoms with E-state index in [1.165, 1.54) is 11.0 Å². The van der Waals surface area contributed by atoms with E-state index in [1.54, 1.807) is 19.2 Å². The van der Waals surface area contributed by atoms with Crippen molar-refractivity contribution in [3.8, 4) is 0 Å². The molecule has 0 aliphatic rings. The molecule has 0 saturated carbocycles. The molecule has 0 aliphatic carbocycles. The molecule has 2 rings (SSSR count). The fraction of sp³-hybridized carbons (Fsp3) is 0.188. The van der Waals surface area contributed by atoms with Crippen molar-refractivity contribution in [3.05, 3.63) is 65.2 Å². The van der Waals surface area contributed by atoms with Gasteiger partial charge in [-0.15, -0.1) is 0 Å². The molecule has 110 valence electrons. The molecule has 2 aromatic rings. The topological polar surface area (TPSA) is 46.3 Å². The Hall–Kier alpha value is -2.27. The number of para-hydroxylation sites is 1. The third-order valence-corrected chi connectivity index (χ3v) is 3.30. The number of amides is 1. The van der Waals surface area contributed by atoms with Crippen LogP contribution >= 0.6 is 0 Å². The van der Waals surface area contributed by atoms with Gasteiger partial charge in [0.05, 0.1) is 6.42 Å². The first-order chi connectivity index (χ1) is 10.0. The zero-order valence-electron chi connectivity index (χ0n) is 11.6. The average Bonchev–Trinajstić information content (AvgIpc) is 2.49. The highest BCUT2D eigenvalue weighted by Crippen LogP contribution is 2.20. The number of carbonyl (C=O) groups is 1. The Morgan fingerprint density at radius 3 is 2.52 bits per heavy atom. The van der Waals surface area contributed by atoms with Gasteiger partial charge in [-0.1, -0.05) is 24.3 Å². The first kappa shape index (κ1) is 15.1. The average molecular weight is 290 g/mol. The maximum Gasteiger partial charge on any atom is 0.231 e. The van der Waals surface area contributed by atoms with Crippen LogP contribution in [0.25, 0.3) is 0 Å². The summed E-state index contributed by atoms with van der Waals surface area (Å²) in [5.74, 6) is -1.67. The highest BCUT2D eigenvalue weighted by Gasteiger charge is 2.16. The van der Waals surface area contributed by atoms with Gasteiger partial charge in [0.2, 0.25) is 5.91 Å². The molecule has 0 heterocycles. The molecule has 0 fully saturated rings. The van der Waals surface area contributed by atoms with Crippen LogP contribution in [-0.4, -0.2) is 13.0 Å². The van der Waals surface area contributed by atoms with E-state index < -0.39 is 11.6 Å². The SMILES string of the molecule is CN(C(=O)Cc1ccc(F)cc1F)c1ccccc1CN. The minimum atomic E-state index is -0.719. The number of anilines is 1.